The third-order valence-corrected chi connectivity index (χ3v) is 5.15. The molecule has 0 spiro atoms. The van der Waals surface area contributed by atoms with Gasteiger partial charge >= 0.3 is 5.97 Å². The normalized spacial score (nSPS) is 13.7. The molecule has 2 atom stereocenters. The van der Waals surface area contributed by atoms with Crippen molar-refractivity contribution in [1.29, 1.82) is 0 Å². The quantitative estimate of drug-likeness (QED) is 0.512. The van der Waals surface area contributed by atoms with E-state index in [9.17, 15) is 14.7 Å². The Bertz CT molecular complexity index is 988. The Morgan fingerprint density at radius 3 is 2.00 bits per heavy atom. The molecule has 3 aromatic rings. The zero-order chi connectivity index (χ0) is 21.6. The van der Waals surface area contributed by atoms with Crippen molar-refractivity contribution in [2.24, 2.45) is 0 Å². The smallest absolute Gasteiger partial charge is 0.336 e. The van der Waals surface area contributed by atoms with Crippen LogP contribution in [0.25, 0.3) is 0 Å². The van der Waals surface area contributed by atoms with Crippen molar-refractivity contribution >= 4 is 17.6 Å². The Hall–Kier alpha value is -3.60. The number of aryl methyl sites for hydroxylation is 1. The van der Waals surface area contributed by atoms with Crippen molar-refractivity contribution in [3.8, 4) is 0 Å². The van der Waals surface area contributed by atoms with Crippen LogP contribution in [0.15, 0.2) is 84.9 Å². The SMILES string of the molecule is CCC(=O)NC(C(=O)O)(c1ccc(C)cc1)C(Nc1ccccc1)c1ccccc1. The summed E-state index contributed by atoms with van der Waals surface area (Å²) in [5.74, 6) is -1.47. The second-order valence-corrected chi connectivity index (χ2v) is 7.23. The van der Waals surface area contributed by atoms with Crippen molar-refractivity contribution in [2.75, 3.05) is 5.32 Å². The summed E-state index contributed by atoms with van der Waals surface area (Å²) in [7, 11) is 0. The van der Waals surface area contributed by atoms with Crippen LogP contribution in [-0.4, -0.2) is 17.0 Å². The molecule has 0 aliphatic rings. The summed E-state index contributed by atoms with van der Waals surface area (Å²) < 4.78 is 0. The average molecular weight is 402 g/mol. The molecule has 1 amide bonds. The number of amides is 1. The van der Waals surface area contributed by atoms with Crippen LogP contribution in [0.3, 0.4) is 0 Å². The van der Waals surface area contributed by atoms with Crippen molar-refractivity contribution in [2.45, 2.75) is 31.8 Å². The van der Waals surface area contributed by atoms with Gasteiger partial charge in [0.2, 0.25) is 5.91 Å². The average Bonchev–Trinajstić information content (AvgIpc) is 2.77. The molecule has 0 heterocycles. The fourth-order valence-electron chi connectivity index (χ4n) is 3.52. The standard InChI is InChI=1S/C25H26N2O3/c1-3-22(28)27-25(24(29)30,20-16-14-18(2)15-17-20)23(19-10-6-4-7-11-19)26-21-12-8-5-9-13-21/h4-17,23,26H,3H2,1-2H3,(H,27,28)(H,29,30). The number of carboxylic acid groups (broad SMARTS) is 1. The third-order valence-electron chi connectivity index (χ3n) is 5.15. The van der Waals surface area contributed by atoms with Crippen molar-refractivity contribution < 1.29 is 14.7 Å². The van der Waals surface area contributed by atoms with Crippen LogP contribution >= 0.6 is 0 Å². The lowest BCUT2D eigenvalue weighted by molar-refractivity contribution is -0.149. The number of benzene rings is 3. The molecule has 154 valence electrons. The summed E-state index contributed by atoms with van der Waals surface area (Å²) in [6.07, 6.45) is 0.174. The van der Waals surface area contributed by atoms with Crippen molar-refractivity contribution in [3.05, 3.63) is 102 Å². The van der Waals surface area contributed by atoms with Gasteiger partial charge in [-0.05, 0) is 30.2 Å². The van der Waals surface area contributed by atoms with E-state index < -0.39 is 17.6 Å². The largest absolute Gasteiger partial charge is 0.479 e. The van der Waals surface area contributed by atoms with Gasteiger partial charge in [-0.1, -0.05) is 85.3 Å². The molecule has 2 unspecified atom stereocenters. The van der Waals surface area contributed by atoms with Crippen molar-refractivity contribution in [1.82, 2.24) is 5.32 Å². The number of rotatable bonds is 8. The van der Waals surface area contributed by atoms with Gasteiger partial charge in [0, 0.05) is 12.1 Å². The Kier molecular flexibility index (Phi) is 6.52. The molecule has 3 rings (SSSR count). The summed E-state index contributed by atoms with van der Waals surface area (Å²) in [6, 6.07) is 25.2. The van der Waals surface area contributed by atoms with Gasteiger partial charge in [0.1, 0.15) is 0 Å². The molecule has 0 aliphatic carbocycles. The highest BCUT2D eigenvalue weighted by molar-refractivity contribution is 5.89. The fourth-order valence-corrected chi connectivity index (χ4v) is 3.52. The molecule has 0 saturated carbocycles. The summed E-state index contributed by atoms with van der Waals surface area (Å²) in [5, 5.41) is 16.7. The number of aliphatic carboxylic acids is 1. The van der Waals surface area contributed by atoms with Gasteiger partial charge in [-0.15, -0.1) is 0 Å². The minimum Gasteiger partial charge on any atom is -0.479 e. The Morgan fingerprint density at radius 1 is 0.900 bits per heavy atom. The monoisotopic (exact) mass is 402 g/mol. The van der Waals surface area contributed by atoms with Gasteiger partial charge in [-0.25, -0.2) is 4.79 Å². The Morgan fingerprint density at radius 2 is 1.47 bits per heavy atom. The van der Waals surface area contributed by atoms with Gasteiger partial charge in [-0.3, -0.25) is 4.79 Å². The lowest BCUT2D eigenvalue weighted by atomic mass is 9.78. The highest BCUT2D eigenvalue weighted by Crippen LogP contribution is 2.39. The number of carboxylic acids is 1. The first kappa shape index (κ1) is 21.1. The number of para-hydroxylation sites is 1. The van der Waals surface area contributed by atoms with Gasteiger partial charge < -0.3 is 15.7 Å². The van der Waals surface area contributed by atoms with Gasteiger partial charge in [0.15, 0.2) is 5.54 Å². The first-order valence-electron chi connectivity index (χ1n) is 9.95. The molecule has 5 heteroatoms. The second kappa shape index (κ2) is 9.27. The summed E-state index contributed by atoms with van der Waals surface area (Å²) in [6.45, 7) is 3.65. The van der Waals surface area contributed by atoms with E-state index in [-0.39, 0.29) is 12.3 Å². The van der Waals surface area contributed by atoms with Crippen LogP contribution in [0.2, 0.25) is 0 Å². The van der Waals surface area contributed by atoms with Crippen LogP contribution in [0, 0.1) is 6.92 Å². The van der Waals surface area contributed by atoms with Crippen LogP contribution in [0.5, 0.6) is 0 Å². The zero-order valence-corrected chi connectivity index (χ0v) is 17.1. The van der Waals surface area contributed by atoms with Crippen molar-refractivity contribution in [3.63, 3.8) is 0 Å². The number of carbonyl (C=O) groups is 2. The third kappa shape index (κ3) is 4.35. The van der Waals surface area contributed by atoms with Gasteiger partial charge in [0.25, 0.3) is 0 Å². The minimum absolute atomic E-state index is 0.174. The number of nitrogens with one attached hydrogen (secondary N) is 2. The first-order chi connectivity index (χ1) is 14.5. The van der Waals surface area contributed by atoms with Gasteiger partial charge in [-0.2, -0.15) is 0 Å². The number of carbonyl (C=O) groups excluding carboxylic acids is 1. The Balaban J connectivity index is 2.25. The van der Waals surface area contributed by atoms with Crippen LogP contribution in [0.1, 0.15) is 36.1 Å². The highest BCUT2D eigenvalue weighted by Gasteiger charge is 2.49. The minimum atomic E-state index is -1.71. The zero-order valence-electron chi connectivity index (χ0n) is 17.1. The van der Waals surface area contributed by atoms with Gasteiger partial charge in [0.05, 0.1) is 6.04 Å². The summed E-state index contributed by atoms with van der Waals surface area (Å²) in [5.41, 5.74) is 1.31. The first-order valence-corrected chi connectivity index (χ1v) is 9.95. The highest BCUT2D eigenvalue weighted by atomic mass is 16.4. The maximum absolute atomic E-state index is 12.9. The van der Waals surface area contributed by atoms with E-state index in [1.807, 2.05) is 79.7 Å². The van der Waals surface area contributed by atoms with Crippen LogP contribution in [-0.2, 0) is 15.1 Å². The molecule has 0 saturated heterocycles. The van der Waals surface area contributed by atoms with E-state index in [1.165, 1.54) is 0 Å². The molecule has 3 N–H and O–H groups in total. The van der Waals surface area contributed by atoms with E-state index in [1.54, 1.807) is 19.1 Å². The van der Waals surface area contributed by atoms with Crippen LogP contribution in [0.4, 0.5) is 5.69 Å². The maximum atomic E-state index is 12.9. The summed E-state index contributed by atoms with van der Waals surface area (Å²) in [4.78, 5) is 25.5. The predicted molar refractivity (Wildman–Crippen MR) is 118 cm³/mol. The predicted octanol–water partition coefficient (Wildman–Crippen LogP) is 4.65. The molecular formula is C25H26N2O3. The maximum Gasteiger partial charge on any atom is 0.336 e. The lowest BCUT2D eigenvalue weighted by Gasteiger charge is -2.39. The molecule has 0 aromatic heterocycles. The number of hydrogen-bond acceptors (Lipinski definition) is 3. The molecule has 0 fully saturated rings. The van der Waals surface area contributed by atoms with E-state index in [0.717, 1.165) is 16.8 Å². The van der Waals surface area contributed by atoms with E-state index in [4.69, 9.17) is 0 Å². The molecule has 3 aromatic carbocycles. The molecule has 0 aliphatic heterocycles. The topological polar surface area (TPSA) is 78.4 Å². The fraction of sp³-hybridized carbons (Fsp3) is 0.200. The van der Waals surface area contributed by atoms with E-state index >= 15 is 0 Å². The number of anilines is 1. The molecular weight excluding hydrogens is 376 g/mol. The van der Waals surface area contributed by atoms with E-state index in [2.05, 4.69) is 10.6 Å². The Labute approximate surface area is 176 Å². The molecule has 0 radical (unpaired) electrons. The van der Waals surface area contributed by atoms with Crippen LogP contribution < -0.4 is 10.6 Å². The number of hydrogen-bond donors (Lipinski definition) is 3. The molecule has 30 heavy (non-hydrogen) atoms. The second-order valence-electron chi connectivity index (χ2n) is 7.23. The summed E-state index contributed by atoms with van der Waals surface area (Å²) >= 11 is 0. The molecule has 5 nitrogen and oxygen atoms in total. The van der Waals surface area contributed by atoms with E-state index in [0.29, 0.717) is 5.56 Å². The lowest BCUT2D eigenvalue weighted by Crippen LogP contribution is -2.57. The molecule has 0 bridgehead atoms.